The minimum atomic E-state index is -1.08. The summed E-state index contributed by atoms with van der Waals surface area (Å²) in [5.74, 6) is -2.07. The zero-order chi connectivity index (χ0) is 26.2. The van der Waals surface area contributed by atoms with Crippen molar-refractivity contribution in [1.29, 1.82) is 0 Å². The lowest BCUT2D eigenvalue weighted by Gasteiger charge is -2.35. The Bertz CT molecular complexity index is 875. The topological polar surface area (TPSA) is 125 Å². The van der Waals surface area contributed by atoms with E-state index in [1.807, 2.05) is 44.2 Å². The van der Waals surface area contributed by atoms with Crippen molar-refractivity contribution in [3.63, 3.8) is 0 Å². The molecule has 1 aromatic rings. The van der Waals surface area contributed by atoms with E-state index in [9.17, 15) is 24.3 Å². The number of piperidine rings is 1. The first kappa shape index (κ1) is 28.1. The van der Waals surface area contributed by atoms with E-state index < -0.39 is 29.7 Å². The number of aliphatic carboxylic acids is 1. The van der Waals surface area contributed by atoms with E-state index in [0.29, 0.717) is 32.4 Å². The summed E-state index contributed by atoms with van der Waals surface area (Å²) in [6, 6.07) is 7.42. The molecule has 1 saturated heterocycles. The highest BCUT2D eigenvalue weighted by atomic mass is 16.6. The minimum absolute atomic E-state index is 0.0923. The van der Waals surface area contributed by atoms with Gasteiger partial charge in [-0.3, -0.25) is 9.59 Å². The van der Waals surface area contributed by atoms with Gasteiger partial charge in [-0.1, -0.05) is 50.6 Å². The van der Waals surface area contributed by atoms with E-state index in [1.165, 1.54) is 0 Å². The van der Waals surface area contributed by atoms with Crippen LogP contribution in [0.3, 0.4) is 0 Å². The number of ether oxygens (including phenoxy) is 1. The van der Waals surface area contributed by atoms with E-state index in [4.69, 9.17) is 4.74 Å². The van der Waals surface area contributed by atoms with Crippen molar-refractivity contribution in [1.82, 2.24) is 15.5 Å². The molecule has 2 rings (SSSR count). The second kappa shape index (κ2) is 12.6. The molecule has 1 aromatic carbocycles. The van der Waals surface area contributed by atoms with Crippen molar-refractivity contribution in [2.75, 3.05) is 13.1 Å². The Balaban J connectivity index is 1.95. The molecule has 1 aliphatic heterocycles. The van der Waals surface area contributed by atoms with E-state index in [0.717, 1.165) is 5.56 Å². The van der Waals surface area contributed by atoms with Crippen LogP contribution in [0.5, 0.6) is 0 Å². The van der Waals surface area contributed by atoms with Crippen molar-refractivity contribution in [3.05, 3.63) is 35.9 Å². The molecule has 0 aliphatic carbocycles. The molecule has 0 saturated carbocycles. The largest absolute Gasteiger partial charge is 0.480 e. The van der Waals surface area contributed by atoms with Crippen LogP contribution < -0.4 is 10.6 Å². The molecule has 35 heavy (non-hydrogen) atoms. The number of carboxylic acids is 1. The van der Waals surface area contributed by atoms with Gasteiger partial charge in [0.05, 0.1) is 0 Å². The number of carbonyl (C=O) groups excluding carboxylic acids is 3. The first-order chi connectivity index (χ1) is 16.4. The number of amides is 3. The fourth-order valence-electron chi connectivity index (χ4n) is 4.02. The van der Waals surface area contributed by atoms with E-state index in [2.05, 4.69) is 10.6 Å². The standard InChI is InChI=1S/C26H39N3O6/c1-6-17(2)21(28-25(34)35-26(3,4)5)23(31)29-14-12-19(13-15-29)22(30)27-20(24(32)33)16-18-10-8-7-9-11-18/h7-11,17,19-21H,6,12-16H2,1-5H3,(H,27,30)(H,28,34)(H,32,33)/t17-,20-,21-/m0/s1. The lowest BCUT2D eigenvalue weighted by molar-refractivity contribution is -0.143. The van der Waals surface area contributed by atoms with Gasteiger partial charge in [0.25, 0.3) is 0 Å². The summed E-state index contributed by atoms with van der Waals surface area (Å²) in [7, 11) is 0. The van der Waals surface area contributed by atoms with Gasteiger partial charge in [-0.25, -0.2) is 9.59 Å². The first-order valence-electron chi connectivity index (χ1n) is 12.3. The highest BCUT2D eigenvalue weighted by Crippen LogP contribution is 2.21. The Hall–Kier alpha value is -3.10. The number of nitrogens with one attached hydrogen (secondary N) is 2. The number of carboxylic acid groups (broad SMARTS) is 1. The molecule has 9 heteroatoms. The minimum Gasteiger partial charge on any atom is -0.480 e. The lowest BCUT2D eigenvalue weighted by Crippen LogP contribution is -2.55. The number of nitrogens with zero attached hydrogens (tertiary/aromatic N) is 1. The monoisotopic (exact) mass is 489 g/mol. The Labute approximate surface area is 207 Å². The second-order valence-corrected chi connectivity index (χ2v) is 10.2. The quantitative estimate of drug-likeness (QED) is 0.490. The van der Waals surface area contributed by atoms with Crippen LogP contribution in [0.25, 0.3) is 0 Å². The van der Waals surface area contributed by atoms with E-state index >= 15 is 0 Å². The zero-order valence-corrected chi connectivity index (χ0v) is 21.4. The second-order valence-electron chi connectivity index (χ2n) is 10.2. The Morgan fingerprint density at radius 2 is 1.69 bits per heavy atom. The number of rotatable bonds is 9. The molecular weight excluding hydrogens is 450 g/mol. The maximum absolute atomic E-state index is 13.2. The van der Waals surface area contributed by atoms with Gasteiger partial charge < -0.3 is 25.4 Å². The average molecular weight is 490 g/mol. The predicted octanol–water partition coefficient (Wildman–Crippen LogP) is 2.98. The Kier molecular flexibility index (Phi) is 10.1. The van der Waals surface area contributed by atoms with Crippen LogP contribution in [0.15, 0.2) is 30.3 Å². The van der Waals surface area contributed by atoms with Crippen LogP contribution in [0.4, 0.5) is 4.79 Å². The summed E-state index contributed by atoms with van der Waals surface area (Å²) in [6.45, 7) is 9.85. The number of hydrogen-bond donors (Lipinski definition) is 3. The summed E-state index contributed by atoms with van der Waals surface area (Å²) >= 11 is 0. The summed E-state index contributed by atoms with van der Waals surface area (Å²) in [5.41, 5.74) is 0.155. The molecule has 1 fully saturated rings. The smallest absolute Gasteiger partial charge is 0.408 e. The van der Waals surface area contributed by atoms with Crippen LogP contribution in [-0.2, 0) is 25.5 Å². The van der Waals surface area contributed by atoms with Gasteiger partial charge in [-0.2, -0.15) is 0 Å². The highest BCUT2D eigenvalue weighted by Gasteiger charge is 2.35. The SMILES string of the molecule is CC[C@H](C)[C@H](NC(=O)OC(C)(C)C)C(=O)N1CCC(C(=O)N[C@@H](Cc2ccccc2)C(=O)O)CC1. The van der Waals surface area contributed by atoms with Gasteiger partial charge in [-0.15, -0.1) is 0 Å². The highest BCUT2D eigenvalue weighted by molar-refractivity contribution is 5.87. The van der Waals surface area contributed by atoms with E-state index in [-0.39, 0.29) is 30.1 Å². The number of hydrogen-bond acceptors (Lipinski definition) is 5. The molecule has 0 radical (unpaired) electrons. The van der Waals surface area contributed by atoms with E-state index in [1.54, 1.807) is 25.7 Å². The maximum atomic E-state index is 13.2. The fourth-order valence-corrected chi connectivity index (χ4v) is 4.02. The number of carbonyl (C=O) groups is 4. The molecule has 3 amide bonds. The molecule has 1 heterocycles. The number of benzene rings is 1. The van der Waals surface area contributed by atoms with Crippen LogP contribution in [0, 0.1) is 11.8 Å². The van der Waals surface area contributed by atoms with Crippen molar-refractivity contribution in [2.24, 2.45) is 11.8 Å². The normalized spacial score (nSPS) is 17.1. The van der Waals surface area contributed by atoms with Gasteiger partial charge in [0.1, 0.15) is 17.7 Å². The molecule has 3 atom stereocenters. The summed E-state index contributed by atoms with van der Waals surface area (Å²) in [6.07, 6.45) is 1.11. The summed E-state index contributed by atoms with van der Waals surface area (Å²) < 4.78 is 5.33. The van der Waals surface area contributed by atoms with Crippen LogP contribution in [0.2, 0.25) is 0 Å². The van der Waals surface area contributed by atoms with Crippen molar-refractivity contribution in [2.45, 2.75) is 78.0 Å². The average Bonchev–Trinajstić information content (AvgIpc) is 2.80. The third kappa shape index (κ3) is 8.88. The van der Waals surface area contributed by atoms with Gasteiger partial charge in [0.2, 0.25) is 11.8 Å². The fraction of sp³-hybridized carbons (Fsp3) is 0.615. The molecule has 9 nitrogen and oxygen atoms in total. The van der Waals surface area contributed by atoms with Gasteiger partial charge in [0.15, 0.2) is 0 Å². The third-order valence-electron chi connectivity index (χ3n) is 6.23. The molecule has 1 aliphatic rings. The maximum Gasteiger partial charge on any atom is 0.408 e. The summed E-state index contributed by atoms with van der Waals surface area (Å²) in [4.78, 5) is 51.7. The van der Waals surface area contributed by atoms with Crippen LogP contribution in [0.1, 0.15) is 59.4 Å². The predicted molar refractivity (Wildman–Crippen MR) is 132 cm³/mol. The molecule has 194 valence electrons. The van der Waals surface area contributed by atoms with Gasteiger partial charge in [0, 0.05) is 25.4 Å². The van der Waals surface area contributed by atoms with Crippen LogP contribution >= 0.6 is 0 Å². The van der Waals surface area contributed by atoms with Crippen molar-refractivity contribution >= 4 is 23.9 Å². The Morgan fingerprint density at radius 3 is 2.20 bits per heavy atom. The van der Waals surface area contributed by atoms with Gasteiger partial charge >= 0.3 is 12.1 Å². The van der Waals surface area contributed by atoms with Crippen LogP contribution in [-0.4, -0.2) is 64.7 Å². The van der Waals surface area contributed by atoms with Gasteiger partial charge in [-0.05, 0) is 45.1 Å². The van der Waals surface area contributed by atoms with Crippen molar-refractivity contribution in [3.8, 4) is 0 Å². The zero-order valence-electron chi connectivity index (χ0n) is 21.4. The third-order valence-corrected chi connectivity index (χ3v) is 6.23. The number of alkyl carbamates (subject to hydrolysis) is 1. The van der Waals surface area contributed by atoms with Crippen molar-refractivity contribution < 1.29 is 29.0 Å². The molecule has 0 unspecified atom stereocenters. The Morgan fingerprint density at radius 1 is 1.09 bits per heavy atom. The molecule has 0 bridgehead atoms. The molecule has 0 aromatic heterocycles. The lowest BCUT2D eigenvalue weighted by atomic mass is 9.92. The molecule has 0 spiro atoms. The molecular formula is C26H39N3O6. The summed E-state index contributed by atoms with van der Waals surface area (Å²) in [5, 5.41) is 14.9. The first-order valence-corrected chi connectivity index (χ1v) is 12.3. The molecule has 3 N–H and O–H groups in total. The number of likely N-dealkylation sites (tertiary alicyclic amines) is 1.